The van der Waals surface area contributed by atoms with Crippen LogP contribution >= 0.6 is 0 Å². The highest BCUT2D eigenvalue weighted by Crippen LogP contribution is 2.12. The zero-order valence-electron chi connectivity index (χ0n) is 12.1. The van der Waals surface area contributed by atoms with Gasteiger partial charge in [0.25, 0.3) is 0 Å². The predicted molar refractivity (Wildman–Crippen MR) is 79.3 cm³/mol. The molecule has 20 heavy (non-hydrogen) atoms. The van der Waals surface area contributed by atoms with Crippen molar-refractivity contribution in [3.8, 4) is 0 Å². The molecule has 0 unspecified atom stereocenters. The highest BCUT2D eigenvalue weighted by molar-refractivity contribution is 5.98. The monoisotopic (exact) mass is 270 g/mol. The van der Waals surface area contributed by atoms with Crippen LogP contribution in [0.15, 0.2) is 35.6 Å². The van der Waals surface area contributed by atoms with Gasteiger partial charge in [-0.25, -0.2) is 10.4 Å². The number of fused-ring (bicyclic) bond motifs is 1. The minimum Gasteiger partial charge on any atom is -0.273 e. The zero-order chi connectivity index (χ0) is 14.8. The van der Waals surface area contributed by atoms with Crippen LogP contribution in [0.4, 0.5) is 0 Å². The van der Waals surface area contributed by atoms with E-state index in [0.29, 0.717) is 11.4 Å². The van der Waals surface area contributed by atoms with Crippen molar-refractivity contribution in [1.82, 2.24) is 15.4 Å². The van der Waals surface area contributed by atoms with Gasteiger partial charge in [0, 0.05) is 5.41 Å². The van der Waals surface area contributed by atoms with E-state index in [2.05, 4.69) is 20.5 Å². The summed E-state index contributed by atoms with van der Waals surface area (Å²) < 4.78 is 0. The van der Waals surface area contributed by atoms with E-state index in [1.807, 2.05) is 45.0 Å². The number of hydrazone groups is 1. The Hall–Kier alpha value is -2.30. The number of rotatable bonds is 2. The molecule has 1 amide bonds. The molecular formula is C15H18N4O. The second-order valence-corrected chi connectivity index (χ2v) is 5.63. The van der Waals surface area contributed by atoms with Crippen LogP contribution in [0, 0.1) is 5.41 Å². The first-order valence-electron chi connectivity index (χ1n) is 6.45. The number of hydrogen-bond donors (Lipinski definition) is 1. The Balaban J connectivity index is 2.22. The molecular weight excluding hydrogens is 252 g/mol. The fraction of sp³-hybridized carbons (Fsp3) is 0.333. The molecule has 0 fully saturated rings. The SMILES string of the molecule is CC(=NNC(=O)C(C)(C)C)c1cnc2ccccc2n1. The third kappa shape index (κ3) is 3.17. The highest BCUT2D eigenvalue weighted by atomic mass is 16.2. The number of benzene rings is 1. The second kappa shape index (κ2) is 5.36. The Morgan fingerprint density at radius 2 is 1.85 bits per heavy atom. The molecule has 0 aliphatic rings. The van der Waals surface area contributed by atoms with Crippen LogP contribution in [0.1, 0.15) is 33.4 Å². The van der Waals surface area contributed by atoms with Gasteiger partial charge < -0.3 is 0 Å². The van der Waals surface area contributed by atoms with Gasteiger partial charge in [-0.1, -0.05) is 32.9 Å². The van der Waals surface area contributed by atoms with Gasteiger partial charge >= 0.3 is 0 Å². The van der Waals surface area contributed by atoms with Crippen molar-refractivity contribution < 1.29 is 4.79 Å². The van der Waals surface area contributed by atoms with Gasteiger partial charge in [0.1, 0.15) is 5.69 Å². The molecule has 0 saturated carbocycles. The summed E-state index contributed by atoms with van der Waals surface area (Å²) in [6.45, 7) is 7.30. The molecule has 1 heterocycles. The second-order valence-electron chi connectivity index (χ2n) is 5.63. The fourth-order valence-electron chi connectivity index (χ4n) is 1.49. The van der Waals surface area contributed by atoms with Crippen LogP contribution in [-0.2, 0) is 4.79 Å². The largest absolute Gasteiger partial charge is 0.273 e. The van der Waals surface area contributed by atoms with Crippen LogP contribution in [0.25, 0.3) is 11.0 Å². The number of carbonyl (C=O) groups is 1. The lowest BCUT2D eigenvalue weighted by molar-refractivity contribution is -0.128. The highest BCUT2D eigenvalue weighted by Gasteiger charge is 2.20. The first-order valence-corrected chi connectivity index (χ1v) is 6.45. The maximum Gasteiger partial charge on any atom is 0.245 e. The molecule has 2 aromatic rings. The van der Waals surface area contributed by atoms with Gasteiger partial charge in [-0.05, 0) is 19.1 Å². The molecule has 104 valence electrons. The minimum absolute atomic E-state index is 0.134. The van der Waals surface area contributed by atoms with Gasteiger partial charge in [-0.2, -0.15) is 5.10 Å². The van der Waals surface area contributed by atoms with Crippen molar-refractivity contribution in [2.24, 2.45) is 10.5 Å². The number of nitrogens with zero attached hydrogens (tertiary/aromatic N) is 3. The predicted octanol–water partition coefficient (Wildman–Crippen LogP) is 2.52. The van der Waals surface area contributed by atoms with E-state index in [0.717, 1.165) is 11.0 Å². The van der Waals surface area contributed by atoms with E-state index in [4.69, 9.17) is 0 Å². The maximum absolute atomic E-state index is 11.8. The fourth-order valence-corrected chi connectivity index (χ4v) is 1.49. The molecule has 1 aromatic carbocycles. The van der Waals surface area contributed by atoms with E-state index >= 15 is 0 Å². The first kappa shape index (κ1) is 14.1. The van der Waals surface area contributed by atoms with Gasteiger partial charge in [0.05, 0.1) is 22.9 Å². The molecule has 0 bridgehead atoms. The third-order valence-electron chi connectivity index (χ3n) is 2.83. The summed E-state index contributed by atoms with van der Waals surface area (Å²) in [5, 5.41) is 4.08. The van der Waals surface area contributed by atoms with Crippen molar-refractivity contribution in [1.29, 1.82) is 0 Å². The van der Waals surface area contributed by atoms with Crippen molar-refractivity contribution in [3.63, 3.8) is 0 Å². The molecule has 0 aliphatic carbocycles. The van der Waals surface area contributed by atoms with Crippen LogP contribution in [0.2, 0.25) is 0 Å². The van der Waals surface area contributed by atoms with E-state index in [1.54, 1.807) is 13.1 Å². The molecule has 0 radical (unpaired) electrons. The van der Waals surface area contributed by atoms with Crippen LogP contribution in [-0.4, -0.2) is 21.6 Å². The van der Waals surface area contributed by atoms with Crippen LogP contribution in [0.3, 0.4) is 0 Å². The lowest BCUT2D eigenvalue weighted by Gasteiger charge is -2.15. The Morgan fingerprint density at radius 1 is 1.20 bits per heavy atom. The number of para-hydroxylation sites is 2. The summed E-state index contributed by atoms with van der Waals surface area (Å²) in [7, 11) is 0. The maximum atomic E-state index is 11.8. The Kier molecular flexibility index (Phi) is 3.79. The van der Waals surface area contributed by atoms with Gasteiger partial charge in [-0.15, -0.1) is 0 Å². The molecule has 5 heteroatoms. The molecule has 2 rings (SSSR count). The Bertz CT molecular complexity index is 671. The number of amides is 1. The van der Waals surface area contributed by atoms with Gasteiger partial charge in [-0.3, -0.25) is 9.78 Å². The number of carbonyl (C=O) groups excluding carboxylic acids is 1. The van der Waals surface area contributed by atoms with Crippen LogP contribution in [0.5, 0.6) is 0 Å². The molecule has 1 aromatic heterocycles. The third-order valence-corrected chi connectivity index (χ3v) is 2.83. The van der Waals surface area contributed by atoms with Crippen molar-refractivity contribution in [3.05, 3.63) is 36.2 Å². The number of hydrogen-bond acceptors (Lipinski definition) is 4. The molecule has 1 N–H and O–H groups in total. The van der Waals surface area contributed by atoms with Crippen molar-refractivity contribution in [2.45, 2.75) is 27.7 Å². The average Bonchev–Trinajstić information content (AvgIpc) is 2.42. The summed E-state index contributed by atoms with van der Waals surface area (Å²) in [6.07, 6.45) is 1.66. The van der Waals surface area contributed by atoms with E-state index in [-0.39, 0.29) is 5.91 Å². The average molecular weight is 270 g/mol. The van der Waals surface area contributed by atoms with Crippen molar-refractivity contribution in [2.75, 3.05) is 0 Å². The van der Waals surface area contributed by atoms with Crippen LogP contribution < -0.4 is 5.43 Å². The number of nitrogens with one attached hydrogen (secondary N) is 1. The quantitative estimate of drug-likeness (QED) is 0.673. The van der Waals surface area contributed by atoms with E-state index in [9.17, 15) is 4.79 Å². The van der Waals surface area contributed by atoms with E-state index in [1.165, 1.54) is 0 Å². The Labute approximate surface area is 118 Å². The lowest BCUT2D eigenvalue weighted by atomic mass is 9.96. The van der Waals surface area contributed by atoms with E-state index < -0.39 is 5.41 Å². The first-order chi connectivity index (χ1) is 9.38. The molecule has 0 aliphatic heterocycles. The topological polar surface area (TPSA) is 67.2 Å². The molecule has 0 spiro atoms. The summed E-state index contributed by atoms with van der Waals surface area (Å²) >= 11 is 0. The molecule has 0 saturated heterocycles. The van der Waals surface area contributed by atoms with Gasteiger partial charge in [0.15, 0.2) is 0 Å². The summed E-state index contributed by atoms with van der Waals surface area (Å²) in [5.41, 5.74) is 5.00. The number of aromatic nitrogens is 2. The Morgan fingerprint density at radius 3 is 2.50 bits per heavy atom. The molecule has 5 nitrogen and oxygen atoms in total. The minimum atomic E-state index is -0.473. The standard InChI is InChI=1S/C15H18N4O/c1-10(18-19-14(20)15(2,3)4)13-9-16-11-7-5-6-8-12(11)17-13/h5-9H,1-4H3,(H,19,20). The smallest absolute Gasteiger partial charge is 0.245 e. The lowest BCUT2D eigenvalue weighted by Crippen LogP contribution is -2.32. The summed E-state index contributed by atoms with van der Waals surface area (Å²) in [4.78, 5) is 20.6. The summed E-state index contributed by atoms with van der Waals surface area (Å²) in [5.74, 6) is -0.134. The normalized spacial score (nSPS) is 12.5. The van der Waals surface area contributed by atoms with Gasteiger partial charge in [0.2, 0.25) is 5.91 Å². The zero-order valence-corrected chi connectivity index (χ0v) is 12.1. The summed E-state index contributed by atoms with van der Waals surface area (Å²) in [6, 6.07) is 7.63. The molecule has 0 atom stereocenters. The van der Waals surface area contributed by atoms with Crippen molar-refractivity contribution >= 4 is 22.7 Å².